The SMILES string of the molecule is Cc1noc(C)c1S(=O)(=O)N1CCCN(S(C)(=O)=O)CC1. The van der Waals surface area contributed by atoms with E-state index < -0.39 is 20.0 Å². The molecule has 1 aliphatic rings. The summed E-state index contributed by atoms with van der Waals surface area (Å²) in [5, 5.41) is 3.67. The van der Waals surface area contributed by atoms with E-state index in [2.05, 4.69) is 5.16 Å². The molecule has 21 heavy (non-hydrogen) atoms. The van der Waals surface area contributed by atoms with Crippen LogP contribution < -0.4 is 0 Å². The van der Waals surface area contributed by atoms with Gasteiger partial charge in [-0.1, -0.05) is 5.16 Å². The van der Waals surface area contributed by atoms with Crippen molar-refractivity contribution in [2.45, 2.75) is 25.2 Å². The highest BCUT2D eigenvalue weighted by atomic mass is 32.2. The maximum Gasteiger partial charge on any atom is 0.248 e. The van der Waals surface area contributed by atoms with E-state index >= 15 is 0 Å². The first kappa shape index (κ1) is 16.4. The second kappa shape index (κ2) is 5.67. The van der Waals surface area contributed by atoms with E-state index in [0.29, 0.717) is 18.7 Å². The van der Waals surface area contributed by atoms with Crippen LogP contribution in [0.4, 0.5) is 0 Å². The van der Waals surface area contributed by atoms with Gasteiger partial charge >= 0.3 is 0 Å². The first-order chi connectivity index (χ1) is 9.64. The van der Waals surface area contributed by atoms with Gasteiger partial charge in [0.1, 0.15) is 10.6 Å². The summed E-state index contributed by atoms with van der Waals surface area (Å²) in [6, 6.07) is 0. The molecule has 0 unspecified atom stereocenters. The maximum absolute atomic E-state index is 12.7. The number of rotatable bonds is 3. The smallest absolute Gasteiger partial charge is 0.248 e. The molecule has 10 heteroatoms. The van der Waals surface area contributed by atoms with Gasteiger partial charge in [0.25, 0.3) is 0 Å². The molecule has 1 saturated heterocycles. The first-order valence-electron chi connectivity index (χ1n) is 6.52. The lowest BCUT2D eigenvalue weighted by molar-refractivity contribution is 0.387. The minimum atomic E-state index is -3.72. The molecule has 0 aromatic carbocycles. The zero-order valence-electron chi connectivity index (χ0n) is 12.2. The summed E-state index contributed by atoms with van der Waals surface area (Å²) in [7, 11) is -7.02. The summed E-state index contributed by atoms with van der Waals surface area (Å²) in [5.41, 5.74) is 0.316. The van der Waals surface area contributed by atoms with E-state index in [1.165, 1.54) is 8.61 Å². The number of nitrogens with zero attached hydrogens (tertiary/aromatic N) is 3. The largest absolute Gasteiger partial charge is 0.360 e. The van der Waals surface area contributed by atoms with Crippen molar-refractivity contribution >= 4 is 20.0 Å². The zero-order valence-corrected chi connectivity index (χ0v) is 13.9. The van der Waals surface area contributed by atoms with E-state index in [-0.39, 0.29) is 30.3 Å². The second-order valence-electron chi connectivity index (χ2n) is 5.07. The van der Waals surface area contributed by atoms with Gasteiger partial charge in [0, 0.05) is 26.2 Å². The van der Waals surface area contributed by atoms with Crippen LogP contribution in [0.15, 0.2) is 9.42 Å². The van der Waals surface area contributed by atoms with Gasteiger partial charge in [0.05, 0.1) is 6.26 Å². The number of aryl methyl sites for hydroxylation is 2. The van der Waals surface area contributed by atoms with Crippen molar-refractivity contribution in [1.82, 2.24) is 13.8 Å². The fourth-order valence-corrected chi connectivity index (χ4v) is 5.05. The lowest BCUT2D eigenvalue weighted by Gasteiger charge is -2.20. The lowest BCUT2D eigenvalue weighted by Crippen LogP contribution is -2.37. The number of sulfonamides is 2. The summed E-state index contributed by atoms with van der Waals surface area (Å²) < 4.78 is 56.0. The fraction of sp³-hybridized carbons (Fsp3) is 0.727. The summed E-state index contributed by atoms with van der Waals surface area (Å²) in [4.78, 5) is 0.0790. The van der Waals surface area contributed by atoms with E-state index in [4.69, 9.17) is 4.52 Å². The minimum absolute atomic E-state index is 0.0790. The van der Waals surface area contributed by atoms with Gasteiger partial charge in [-0.15, -0.1) is 0 Å². The highest BCUT2D eigenvalue weighted by Crippen LogP contribution is 2.24. The zero-order chi connectivity index (χ0) is 15.8. The van der Waals surface area contributed by atoms with Crippen LogP contribution in [0.3, 0.4) is 0 Å². The van der Waals surface area contributed by atoms with E-state index in [1.807, 2.05) is 0 Å². The van der Waals surface area contributed by atoms with Crippen LogP contribution in [0.2, 0.25) is 0 Å². The van der Waals surface area contributed by atoms with Gasteiger partial charge in [-0.25, -0.2) is 21.1 Å². The molecular weight excluding hydrogens is 318 g/mol. The average molecular weight is 337 g/mol. The van der Waals surface area contributed by atoms with Crippen molar-refractivity contribution in [2.24, 2.45) is 0 Å². The van der Waals surface area contributed by atoms with Gasteiger partial charge in [0.15, 0.2) is 5.76 Å². The predicted molar refractivity (Wildman–Crippen MR) is 75.8 cm³/mol. The first-order valence-corrected chi connectivity index (χ1v) is 9.81. The molecule has 0 N–H and O–H groups in total. The Bertz CT molecular complexity index is 704. The minimum Gasteiger partial charge on any atom is -0.360 e. The van der Waals surface area contributed by atoms with Crippen LogP contribution in [-0.4, -0.2) is 63.0 Å². The van der Waals surface area contributed by atoms with Crippen molar-refractivity contribution in [3.05, 3.63) is 11.5 Å². The summed E-state index contributed by atoms with van der Waals surface area (Å²) in [6.45, 7) is 4.00. The van der Waals surface area contributed by atoms with Gasteiger partial charge in [-0.3, -0.25) is 0 Å². The van der Waals surface area contributed by atoms with E-state index in [1.54, 1.807) is 13.8 Å². The molecule has 0 radical (unpaired) electrons. The molecule has 1 fully saturated rings. The molecule has 1 aromatic heterocycles. The van der Waals surface area contributed by atoms with Crippen LogP contribution in [-0.2, 0) is 20.0 Å². The highest BCUT2D eigenvalue weighted by molar-refractivity contribution is 7.89. The second-order valence-corrected chi connectivity index (χ2v) is 8.93. The van der Waals surface area contributed by atoms with Crippen molar-refractivity contribution in [3.8, 4) is 0 Å². The van der Waals surface area contributed by atoms with Crippen LogP contribution >= 0.6 is 0 Å². The van der Waals surface area contributed by atoms with Crippen molar-refractivity contribution in [2.75, 3.05) is 32.4 Å². The van der Waals surface area contributed by atoms with Crippen molar-refractivity contribution in [1.29, 1.82) is 0 Å². The third kappa shape index (κ3) is 3.28. The Kier molecular flexibility index (Phi) is 4.43. The summed E-state index contributed by atoms with van der Waals surface area (Å²) >= 11 is 0. The monoisotopic (exact) mass is 337 g/mol. The van der Waals surface area contributed by atoms with Crippen LogP contribution in [0.5, 0.6) is 0 Å². The Morgan fingerprint density at radius 3 is 2.10 bits per heavy atom. The number of hydrogen-bond acceptors (Lipinski definition) is 6. The standard InChI is InChI=1S/C11H19N3O5S2/c1-9-11(10(2)19-12-9)21(17,18)14-6-4-5-13(7-8-14)20(3,15)16/h4-8H2,1-3H3. The fourth-order valence-electron chi connectivity index (χ4n) is 2.41. The molecule has 2 heterocycles. The third-order valence-electron chi connectivity index (χ3n) is 3.45. The van der Waals surface area contributed by atoms with Gasteiger partial charge in [-0.05, 0) is 20.3 Å². The lowest BCUT2D eigenvalue weighted by atomic mass is 10.4. The number of hydrogen-bond donors (Lipinski definition) is 0. The Balaban J connectivity index is 2.27. The number of aromatic nitrogens is 1. The Morgan fingerprint density at radius 1 is 1.00 bits per heavy atom. The molecule has 1 aliphatic heterocycles. The Hall–Kier alpha value is -0.970. The quantitative estimate of drug-likeness (QED) is 0.766. The molecule has 0 saturated carbocycles. The molecule has 120 valence electrons. The van der Waals surface area contributed by atoms with Crippen LogP contribution in [0, 0.1) is 13.8 Å². The average Bonchev–Trinajstić information content (AvgIpc) is 2.60. The molecule has 0 bridgehead atoms. The highest BCUT2D eigenvalue weighted by Gasteiger charge is 2.33. The normalized spacial score (nSPS) is 19.6. The molecule has 8 nitrogen and oxygen atoms in total. The molecule has 0 spiro atoms. The van der Waals surface area contributed by atoms with Gasteiger partial charge in [-0.2, -0.15) is 4.31 Å². The molecule has 0 atom stereocenters. The van der Waals surface area contributed by atoms with Gasteiger partial charge < -0.3 is 4.52 Å². The van der Waals surface area contributed by atoms with Crippen molar-refractivity contribution in [3.63, 3.8) is 0 Å². The Labute approximate surface area is 124 Å². The molecule has 2 rings (SSSR count). The topological polar surface area (TPSA) is 101 Å². The molecule has 0 aliphatic carbocycles. The van der Waals surface area contributed by atoms with Crippen molar-refractivity contribution < 1.29 is 21.4 Å². The molecule has 0 amide bonds. The van der Waals surface area contributed by atoms with E-state index in [0.717, 1.165) is 6.26 Å². The van der Waals surface area contributed by atoms with Crippen LogP contribution in [0.25, 0.3) is 0 Å². The molecule has 1 aromatic rings. The summed E-state index contributed by atoms with van der Waals surface area (Å²) in [5.74, 6) is 0.247. The molecular formula is C11H19N3O5S2. The van der Waals surface area contributed by atoms with Crippen LogP contribution in [0.1, 0.15) is 17.9 Å². The Morgan fingerprint density at radius 2 is 1.57 bits per heavy atom. The predicted octanol–water partition coefficient (Wildman–Crippen LogP) is -0.0526. The van der Waals surface area contributed by atoms with Gasteiger partial charge in [0.2, 0.25) is 20.0 Å². The van der Waals surface area contributed by atoms with E-state index in [9.17, 15) is 16.8 Å². The maximum atomic E-state index is 12.7. The third-order valence-corrected chi connectivity index (χ3v) is 6.90. The summed E-state index contributed by atoms with van der Waals surface area (Å²) in [6.07, 6.45) is 1.58.